The van der Waals surface area contributed by atoms with Crippen molar-refractivity contribution in [3.63, 3.8) is 0 Å². The van der Waals surface area contributed by atoms with Crippen LogP contribution in [0.15, 0.2) is 59.7 Å². The van der Waals surface area contributed by atoms with E-state index in [1.54, 1.807) is 42.5 Å². The zero-order valence-corrected chi connectivity index (χ0v) is 14.7. The molecule has 0 saturated carbocycles. The lowest BCUT2D eigenvalue weighted by Gasteiger charge is -2.35. The number of hydrazone groups is 1. The number of aliphatic hydroxyl groups is 1. The number of benzene rings is 2. The Morgan fingerprint density at radius 1 is 1.19 bits per heavy atom. The van der Waals surface area contributed by atoms with Crippen molar-refractivity contribution in [3.05, 3.63) is 71.5 Å². The predicted molar refractivity (Wildman–Crippen MR) is 96.6 cm³/mol. The van der Waals surface area contributed by atoms with Gasteiger partial charge in [-0.3, -0.25) is 9.59 Å². The molecule has 0 saturated heterocycles. The van der Waals surface area contributed by atoms with E-state index < -0.39 is 29.8 Å². The average molecular weight is 370 g/mol. The normalized spacial score (nSPS) is 19.4. The topological polar surface area (TPSA) is 79.2 Å². The van der Waals surface area contributed by atoms with Crippen molar-refractivity contribution in [2.45, 2.75) is 25.0 Å². The number of halogens is 1. The van der Waals surface area contributed by atoms with Crippen molar-refractivity contribution in [1.82, 2.24) is 5.01 Å². The van der Waals surface area contributed by atoms with Gasteiger partial charge in [-0.2, -0.15) is 5.10 Å². The maximum atomic E-state index is 14.2. The number of carbonyl (C=O) groups is 2. The third-order valence-corrected chi connectivity index (χ3v) is 4.41. The van der Waals surface area contributed by atoms with Crippen molar-refractivity contribution in [2.75, 3.05) is 7.11 Å². The molecule has 2 aromatic rings. The number of rotatable bonds is 4. The highest BCUT2D eigenvalue weighted by Gasteiger charge is 2.38. The van der Waals surface area contributed by atoms with Gasteiger partial charge < -0.3 is 9.84 Å². The van der Waals surface area contributed by atoms with E-state index in [4.69, 9.17) is 0 Å². The van der Waals surface area contributed by atoms with Gasteiger partial charge in [-0.25, -0.2) is 9.40 Å². The second kappa shape index (κ2) is 8.09. The van der Waals surface area contributed by atoms with E-state index in [0.29, 0.717) is 5.56 Å². The number of hydrogen-bond acceptors (Lipinski definition) is 5. The second-order valence-corrected chi connectivity index (χ2v) is 6.16. The molecular formula is C20H19FN2O4. The minimum Gasteiger partial charge on any atom is -0.469 e. The van der Waals surface area contributed by atoms with Gasteiger partial charge in [0.05, 0.1) is 31.4 Å². The summed E-state index contributed by atoms with van der Waals surface area (Å²) in [7, 11) is 1.23. The summed E-state index contributed by atoms with van der Waals surface area (Å²) < 4.78 is 18.8. The summed E-state index contributed by atoms with van der Waals surface area (Å²) in [6.45, 7) is 0. The van der Waals surface area contributed by atoms with Crippen LogP contribution in [0.5, 0.6) is 0 Å². The number of aliphatic hydroxyl groups excluding tert-OH is 1. The van der Waals surface area contributed by atoms with Crippen LogP contribution in [0.25, 0.3) is 0 Å². The number of nitrogens with zero attached hydrogens (tertiary/aromatic N) is 2. The van der Waals surface area contributed by atoms with Crippen molar-refractivity contribution >= 4 is 17.6 Å². The van der Waals surface area contributed by atoms with E-state index >= 15 is 0 Å². The number of esters is 1. The molecule has 1 N–H and O–H groups in total. The molecule has 3 rings (SSSR count). The molecule has 2 aromatic carbocycles. The van der Waals surface area contributed by atoms with Crippen LogP contribution in [0.2, 0.25) is 0 Å². The Morgan fingerprint density at radius 2 is 1.85 bits per heavy atom. The Hall–Kier alpha value is -3.06. The Labute approximate surface area is 155 Å². The van der Waals surface area contributed by atoms with Crippen LogP contribution in [0.1, 0.15) is 28.8 Å². The molecule has 1 aliphatic heterocycles. The molecule has 0 aliphatic carbocycles. The van der Waals surface area contributed by atoms with E-state index in [1.165, 1.54) is 19.2 Å². The van der Waals surface area contributed by atoms with Gasteiger partial charge in [0.2, 0.25) is 0 Å². The fraction of sp³-hybridized carbons (Fsp3) is 0.250. The van der Waals surface area contributed by atoms with Crippen LogP contribution in [0.4, 0.5) is 4.39 Å². The van der Waals surface area contributed by atoms with Crippen LogP contribution in [-0.2, 0) is 9.53 Å². The van der Waals surface area contributed by atoms with Gasteiger partial charge in [0.25, 0.3) is 5.91 Å². The summed E-state index contributed by atoms with van der Waals surface area (Å²) >= 11 is 0. The van der Waals surface area contributed by atoms with Gasteiger partial charge in [0.15, 0.2) is 0 Å². The van der Waals surface area contributed by atoms with Crippen molar-refractivity contribution < 1.29 is 23.8 Å². The highest BCUT2D eigenvalue weighted by molar-refractivity contribution is 6.03. The molecule has 1 amide bonds. The van der Waals surface area contributed by atoms with Crippen molar-refractivity contribution in [1.29, 1.82) is 0 Å². The summed E-state index contributed by atoms with van der Waals surface area (Å²) in [6, 6.07) is 13.5. The third kappa shape index (κ3) is 4.03. The molecule has 1 heterocycles. The fourth-order valence-corrected chi connectivity index (χ4v) is 2.99. The largest absolute Gasteiger partial charge is 0.469 e. The van der Waals surface area contributed by atoms with E-state index in [2.05, 4.69) is 9.84 Å². The summed E-state index contributed by atoms with van der Waals surface area (Å²) in [5.74, 6) is -1.56. The Balaban J connectivity index is 2.03. The third-order valence-electron chi connectivity index (χ3n) is 4.41. The zero-order chi connectivity index (χ0) is 19.4. The lowest BCUT2D eigenvalue weighted by molar-refractivity contribution is -0.143. The molecule has 0 spiro atoms. The molecule has 0 fully saturated rings. The summed E-state index contributed by atoms with van der Waals surface area (Å²) in [4.78, 5) is 24.7. The smallest absolute Gasteiger partial charge is 0.307 e. The maximum absolute atomic E-state index is 14.2. The molecule has 140 valence electrons. The quantitative estimate of drug-likeness (QED) is 0.838. The minimum atomic E-state index is -1.09. The number of hydrogen-bond donors (Lipinski definition) is 1. The van der Waals surface area contributed by atoms with Gasteiger partial charge in [0.1, 0.15) is 5.82 Å². The molecule has 0 unspecified atom stereocenters. The first-order valence-electron chi connectivity index (χ1n) is 8.47. The van der Waals surface area contributed by atoms with Gasteiger partial charge in [-0.1, -0.05) is 36.4 Å². The minimum absolute atomic E-state index is 0.0150. The molecule has 0 aromatic heterocycles. The van der Waals surface area contributed by atoms with Crippen LogP contribution < -0.4 is 0 Å². The second-order valence-electron chi connectivity index (χ2n) is 6.16. The molecule has 0 bridgehead atoms. The molecule has 2 atom stereocenters. The van der Waals surface area contributed by atoms with Crippen LogP contribution >= 0.6 is 0 Å². The Kier molecular flexibility index (Phi) is 5.61. The van der Waals surface area contributed by atoms with Crippen LogP contribution in [0.3, 0.4) is 0 Å². The molecule has 6 nitrogen and oxygen atoms in total. The first-order valence-corrected chi connectivity index (χ1v) is 8.47. The standard InChI is InChI=1S/C20H19FN2O4/c1-27-19(25)12-17-18(24)11-16(14-9-5-6-10-15(14)21)22-23(17)20(26)13-7-3-2-4-8-13/h2-10,17-18,24H,11-12H2,1H3/t17-,18-/m1/s1. The van der Waals surface area contributed by atoms with Gasteiger partial charge in [-0.05, 0) is 18.2 Å². The molecule has 0 radical (unpaired) electrons. The highest BCUT2D eigenvalue weighted by Crippen LogP contribution is 2.25. The maximum Gasteiger partial charge on any atom is 0.307 e. The first kappa shape index (κ1) is 18.7. The summed E-state index contributed by atoms with van der Waals surface area (Å²) in [5.41, 5.74) is 0.794. The fourth-order valence-electron chi connectivity index (χ4n) is 2.99. The number of carbonyl (C=O) groups excluding carboxylic acids is 2. The summed E-state index contributed by atoms with van der Waals surface area (Å²) in [5, 5.41) is 16.0. The first-order chi connectivity index (χ1) is 13.0. The van der Waals surface area contributed by atoms with Crippen molar-refractivity contribution in [3.8, 4) is 0 Å². The molecule has 27 heavy (non-hydrogen) atoms. The lowest BCUT2D eigenvalue weighted by atomic mass is 9.95. The zero-order valence-electron chi connectivity index (χ0n) is 14.7. The van der Waals surface area contributed by atoms with Gasteiger partial charge >= 0.3 is 5.97 Å². The van der Waals surface area contributed by atoms with Crippen LogP contribution in [-0.4, -0.2) is 47.0 Å². The van der Waals surface area contributed by atoms with E-state index in [-0.39, 0.29) is 24.1 Å². The number of amides is 1. The Bertz CT molecular complexity index is 869. The summed E-state index contributed by atoms with van der Waals surface area (Å²) in [6.07, 6.45) is -1.30. The SMILES string of the molecule is COC(=O)C[C@@H]1[C@H](O)CC(c2ccccc2F)=NN1C(=O)c1ccccc1. The van der Waals surface area contributed by atoms with Gasteiger partial charge in [0, 0.05) is 17.5 Å². The monoisotopic (exact) mass is 370 g/mol. The van der Waals surface area contributed by atoms with Gasteiger partial charge in [-0.15, -0.1) is 0 Å². The molecule has 7 heteroatoms. The number of methoxy groups -OCH3 is 1. The van der Waals surface area contributed by atoms with Crippen LogP contribution in [0, 0.1) is 5.82 Å². The lowest BCUT2D eigenvalue weighted by Crippen LogP contribution is -2.50. The Morgan fingerprint density at radius 3 is 2.52 bits per heavy atom. The van der Waals surface area contributed by atoms with Crippen molar-refractivity contribution in [2.24, 2.45) is 5.10 Å². The average Bonchev–Trinajstić information content (AvgIpc) is 2.69. The van der Waals surface area contributed by atoms with E-state index in [0.717, 1.165) is 5.01 Å². The highest BCUT2D eigenvalue weighted by atomic mass is 19.1. The molecular weight excluding hydrogens is 351 g/mol. The number of ether oxygens (including phenoxy) is 1. The molecule has 1 aliphatic rings. The predicted octanol–water partition coefficient (Wildman–Crippen LogP) is 2.37. The van der Waals surface area contributed by atoms with E-state index in [1.807, 2.05) is 0 Å². The van der Waals surface area contributed by atoms with E-state index in [9.17, 15) is 19.1 Å².